The van der Waals surface area contributed by atoms with Crippen LogP contribution in [0.1, 0.15) is 29.2 Å². The van der Waals surface area contributed by atoms with Crippen molar-refractivity contribution in [2.75, 3.05) is 0 Å². The third-order valence-electron chi connectivity index (χ3n) is 1.70. The fraction of sp³-hybridized carbons (Fsp3) is 0.273. The molecule has 0 N–H and O–H groups in total. The van der Waals surface area contributed by atoms with Gasteiger partial charge in [0.1, 0.15) is 0 Å². The summed E-state index contributed by atoms with van der Waals surface area (Å²) < 4.78 is 0. The molecule has 0 bridgehead atoms. The van der Waals surface area contributed by atoms with Gasteiger partial charge in [-0.25, -0.2) is 0 Å². The molecule has 0 aliphatic rings. The summed E-state index contributed by atoms with van der Waals surface area (Å²) in [6.45, 7) is 14.1. The molecular weight excluding hydrogens is 164 g/mol. The van der Waals surface area contributed by atoms with Gasteiger partial charge < -0.3 is 0 Å². The van der Waals surface area contributed by atoms with E-state index in [0.29, 0.717) is 0 Å². The first-order chi connectivity index (χ1) is 5.52. The Hall–Kier alpha value is -0.820. The van der Waals surface area contributed by atoms with Crippen molar-refractivity contribution in [1.29, 1.82) is 0 Å². The summed E-state index contributed by atoms with van der Waals surface area (Å²) in [7, 11) is 0. The van der Waals surface area contributed by atoms with E-state index in [4.69, 9.17) is 0 Å². The summed E-state index contributed by atoms with van der Waals surface area (Å²) in [4.78, 5) is 2.60. The molecule has 0 amide bonds. The molecule has 1 heteroatoms. The summed E-state index contributed by atoms with van der Waals surface area (Å²) in [5, 5.41) is 0. The maximum absolute atomic E-state index is 3.95. The van der Waals surface area contributed by atoms with Crippen LogP contribution in [0.25, 0.3) is 11.1 Å². The molecule has 0 saturated heterocycles. The van der Waals surface area contributed by atoms with Crippen LogP contribution in [0.3, 0.4) is 0 Å². The first kappa shape index (κ1) is 9.27. The Bertz CT molecular complexity index is 297. The molecule has 0 unspecified atom stereocenters. The van der Waals surface area contributed by atoms with Crippen molar-refractivity contribution in [2.45, 2.75) is 20.8 Å². The lowest BCUT2D eigenvalue weighted by Crippen LogP contribution is -1.78. The number of hydrogen-bond donors (Lipinski definition) is 0. The Morgan fingerprint density at radius 2 is 1.83 bits per heavy atom. The Morgan fingerprint density at radius 1 is 1.25 bits per heavy atom. The van der Waals surface area contributed by atoms with E-state index >= 15 is 0 Å². The number of allylic oxidation sites excluding steroid dienone is 2. The quantitative estimate of drug-likeness (QED) is 0.639. The van der Waals surface area contributed by atoms with Gasteiger partial charge in [-0.15, -0.1) is 11.3 Å². The predicted octanol–water partition coefficient (Wildman–Crippen LogP) is 4.12. The second-order valence-corrected chi connectivity index (χ2v) is 4.42. The first-order valence-electron chi connectivity index (χ1n) is 3.94. The molecule has 12 heavy (non-hydrogen) atoms. The summed E-state index contributed by atoms with van der Waals surface area (Å²) >= 11 is 1.79. The first-order valence-corrected chi connectivity index (χ1v) is 4.76. The minimum Gasteiger partial charge on any atom is -0.140 e. The molecule has 0 radical (unpaired) electrons. The zero-order valence-electron chi connectivity index (χ0n) is 7.90. The summed E-state index contributed by atoms with van der Waals surface area (Å²) in [5.74, 6) is 0. The van der Waals surface area contributed by atoms with Crippen LogP contribution >= 0.6 is 11.3 Å². The molecule has 0 aliphatic carbocycles. The lowest BCUT2D eigenvalue weighted by atomic mass is 10.1. The molecule has 0 saturated carbocycles. The molecule has 1 heterocycles. The SMILES string of the molecule is C=C(C)c1cc(C)sc1C(=C)C. The molecule has 1 aromatic rings. The molecule has 0 atom stereocenters. The zero-order chi connectivity index (χ0) is 9.30. The van der Waals surface area contributed by atoms with Crippen LogP contribution in [0.4, 0.5) is 0 Å². The second-order valence-electron chi connectivity index (χ2n) is 3.16. The molecule has 1 rings (SSSR count). The van der Waals surface area contributed by atoms with E-state index in [1.54, 1.807) is 11.3 Å². The smallest absolute Gasteiger partial charge is 0.0371 e. The lowest BCUT2D eigenvalue weighted by Gasteiger charge is -2.00. The Kier molecular flexibility index (Phi) is 2.53. The number of aryl methyl sites for hydroxylation is 1. The highest BCUT2D eigenvalue weighted by Gasteiger charge is 2.07. The molecule has 0 aliphatic heterocycles. The summed E-state index contributed by atoms with van der Waals surface area (Å²) in [6.07, 6.45) is 0. The van der Waals surface area contributed by atoms with Gasteiger partial charge in [-0.05, 0) is 43.5 Å². The molecule has 1 aromatic heterocycles. The van der Waals surface area contributed by atoms with Crippen LogP contribution in [-0.4, -0.2) is 0 Å². The van der Waals surface area contributed by atoms with Crippen molar-refractivity contribution in [2.24, 2.45) is 0 Å². The topological polar surface area (TPSA) is 0 Å². The average Bonchev–Trinajstić information content (AvgIpc) is 2.31. The minimum atomic E-state index is 1.12. The van der Waals surface area contributed by atoms with Gasteiger partial charge in [0.25, 0.3) is 0 Å². The number of rotatable bonds is 2. The highest BCUT2D eigenvalue weighted by Crippen LogP contribution is 2.31. The van der Waals surface area contributed by atoms with E-state index < -0.39 is 0 Å². The van der Waals surface area contributed by atoms with Gasteiger partial charge >= 0.3 is 0 Å². The van der Waals surface area contributed by atoms with Crippen molar-refractivity contribution in [3.8, 4) is 0 Å². The van der Waals surface area contributed by atoms with Crippen LogP contribution in [-0.2, 0) is 0 Å². The lowest BCUT2D eigenvalue weighted by molar-refractivity contribution is 1.57. The van der Waals surface area contributed by atoms with Crippen molar-refractivity contribution in [3.05, 3.63) is 34.5 Å². The van der Waals surface area contributed by atoms with Crippen molar-refractivity contribution >= 4 is 22.5 Å². The fourth-order valence-corrected chi connectivity index (χ4v) is 2.16. The third-order valence-corrected chi connectivity index (χ3v) is 2.92. The highest BCUT2D eigenvalue weighted by atomic mass is 32.1. The number of thiophene rings is 1. The normalized spacial score (nSPS) is 9.92. The van der Waals surface area contributed by atoms with Crippen LogP contribution in [0.5, 0.6) is 0 Å². The predicted molar refractivity (Wildman–Crippen MR) is 58.5 cm³/mol. The standard InChI is InChI=1S/C11H14S/c1-7(2)10-6-9(5)12-11(10)8(3)4/h6H,1,3H2,2,4-5H3. The maximum atomic E-state index is 3.95. The van der Waals surface area contributed by atoms with Gasteiger partial charge in [-0.2, -0.15) is 0 Å². The molecule has 0 spiro atoms. The monoisotopic (exact) mass is 178 g/mol. The van der Waals surface area contributed by atoms with Gasteiger partial charge in [-0.3, -0.25) is 0 Å². The zero-order valence-corrected chi connectivity index (χ0v) is 8.72. The van der Waals surface area contributed by atoms with Crippen molar-refractivity contribution < 1.29 is 0 Å². The average molecular weight is 178 g/mol. The Morgan fingerprint density at radius 3 is 2.17 bits per heavy atom. The van der Waals surface area contributed by atoms with Gasteiger partial charge in [-0.1, -0.05) is 13.2 Å². The summed E-state index contributed by atoms with van der Waals surface area (Å²) in [6, 6.07) is 2.18. The second kappa shape index (κ2) is 3.28. The van der Waals surface area contributed by atoms with E-state index in [-0.39, 0.29) is 0 Å². The number of hydrogen-bond acceptors (Lipinski definition) is 1. The molecule has 0 aromatic carbocycles. The molecule has 64 valence electrons. The Balaban J connectivity index is 3.26. The van der Waals surface area contributed by atoms with E-state index in [2.05, 4.69) is 26.1 Å². The molecule has 0 nitrogen and oxygen atoms in total. The van der Waals surface area contributed by atoms with E-state index in [9.17, 15) is 0 Å². The Labute approximate surface area is 78.2 Å². The van der Waals surface area contributed by atoms with Crippen molar-refractivity contribution in [1.82, 2.24) is 0 Å². The van der Waals surface area contributed by atoms with Crippen LogP contribution in [0.15, 0.2) is 19.2 Å². The van der Waals surface area contributed by atoms with Crippen molar-refractivity contribution in [3.63, 3.8) is 0 Å². The van der Waals surface area contributed by atoms with Gasteiger partial charge in [0.05, 0.1) is 0 Å². The molecular formula is C11H14S. The third kappa shape index (κ3) is 1.67. The largest absolute Gasteiger partial charge is 0.140 e. The van der Waals surface area contributed by atoms with E-state index in [1.165, 1.54) is 15.3 Å². The van der Waals surface area contributed by atoms with Gasteiger partial charge in [0, 0.05) is 9.75 Å². The summed E-state index contributed by atoms with van der Waals surface area (Å²) in [5.41, 5.74) is 3.51. The van der Waals surface area contributed by atoms with Gasteiger partial charge in [0.2, 0.25) is 0 Å². The molecule has 0 fully saturated rings. The van der Waals surface area contributed by atoms with E-state index in [1.807, 2.05) is 13.8 Å². The van der Waals surface area contributed by atoms with Crippen LogP contribution < -0.4 is 0 Å². The highest BCUT2D eigenvalue weighted by molar-refractivity contribution is 7.13. The maximum Gasteiger partial charge on any atom is 0.0371 e. The van der Waals surface area contributed by atoms with Gasteiger partial charge in [0.15, 0.2) is 0 Å². The van der Waals surface area contributed by atoms with Crippen LogP contribution in [0.2, 0.25) is 0 Å². The fourth-order valence-electron chi connectivity index (χ4n) is 1.15. The minimum absolute atomic E-state index is 1.12. The van der Waals surface area contributed by atoms with Crippen LogP contribution in [0, 0.1) is 6.92 Å². The van der Waals surface area contributed by atoms with E-state index in [0.717, 1.165) is 11.1 Å².